The molecule has 0 saturated heterocycles. The lowest BCUT2D eigenvalue weighted by Gasteiger charge is -2.33. The fourth-order valence-corrected chi connectivity index (χ4v) is 2.02. The topological polar surface area (TPSA) is 17.1 Å². The van der Waals surface area contributed by atoms with Crippen molar-refractivity contribution in [2.75, 3.05) is 18.8 Å². The molecule has 0 unspecified atom stereocenters. The van der Waals surface area contributed by atoms with Gasteiger partial charge in [0.25, 0.3) is 0 Å². The lowest BCUT2D eigenvalue weighted by atomic mass is 10.2. The number of benzene rings is 1. The summed E-state index contributed by atoms with van der Waals surface area (Å²) in [7, 11) is -2.11. The SMILES string of the molecule is Br.C=S(C)(C)(C)C(=O)c1ccccc1. The largest absolute Gasteiger partial charge is 0.284 e. The lowest BCUT2D eigenvalue weighted by Crippen LogP contribution is -2.14. The van der Waals surface area contributed by atoms with Gasteiger partial charge in [-0.15, -0.1) is 17.0 Å². The van der Waals surface area contributed by atoms with Crippen LogP contribution in [-0.2, 0) is 0 Å². The molecule has 3 heteroatoms. The molecule has 0 aliphatic rings. The molecule has 0 heterocycles. The predicted octanol–water partition coefficient (Wildman–Crippen LogP) is 3.07. The molecule has 1 nitrogen and oxygen atoms in total. The molecule has 0 aliphatic carbocycles. The minimum Gasteiger partial charge on any atom is -0.284 e. The molecular formula is C11H17BrOS. The van der Waals surface area contributed by atoms with Crippen LogP contribution < -0.4 is 0 Å². The third kappa shape index (κ3) is 3.39. The van der Waals surface area contributed by atoms with E-state index in [1.807, 2.05) is 49.1 Å². The Morgan fingerprint density at radius 3 is 1.93 bits per heavy atom. The fraction of sp³-hybridized carbons (Fsp3) is 0.273. The first-order valence-electron chi connectivity index (χ1n) is 4.08. The monoisotopic (exact) mass is 276 g/mol. The molecule has 1 aromatic carbocycles. The molecule has 0 aliphatic heterocycles. The fourth-order valence-electron chi connectivity index (χ4n) is 1.01. The maximum absolute atomic E-state index is 12.0. The van der Waals surface area contributed by atoms with Crippen molar-refractivity contribution in [2.45, 2.75) is 0 Å². The highest BCUT2D eigenvalue weighted by Gasteiger charge is 2.23. The van der Waals surface area contributed by atoms with Crippen LogP contribution in [0.2, 0.25) is 0 Å². The van der Waals surface area contributed by atoms with Gasteiger partial charge in [-0.1, -0.05) is 36.2 Å². The zero-order valence-corrected chi connectivity index (χ0v) is 11.3. The van der Waals surface area contributed by atoms with Gasteiger partial charge in [0.1, 0.15) is 0 Å². The van der Waals surface area contributed by atoms with Gasteiger partial charge in [0.05, 0.1) is 0 Å². The lowest BCUT2D eigenvalue weighted by molar-refractivity contribution is 0.108. The molecule has 0 fully saturated rings. The van der Waals surface area contributed by atoms with Crippen molar-refractivity contribution in [2.24, 2.45) is 0 Å². The van der Waals surface area contributed by atoms with Crippen LogP contribution in [0.1, 0.15) is 10.4 Å². The summed E-state index contributed by atoms with van der Waals surface area (Å²) in [6.07, 6.45) is 5.85. The quantitative estimate of drug-likeness (QED) is 0.721. The number of carbonyl (C=O) groups excluding carboxylic acids is 1. The Hall–Kier alpha value is -0.410. The summed E-state index contributed by atoms with van der Waals surface area (Å²) in [6, 6.07) is 9.37. The summed E-state index contributed by atoms with van der Waals surface area (Å²) in [6.45, 7) is 0. The maximum Gasteiger partial charge on any atom is 0.197 e. The Labute approximate surface area is 96.2 Å². The van der Waals surface area contributed by atoms with Crippen molar-refractivity contribution in [3.63, 3.8) is 0 Å². The van der Waals surface area contributed by atoms with Gasteiger partial charge in [0, 0.05) is 5.56 Å². The highest BCUT2D eigenvalue weighted by molar-refractivity contribution is 8.93. The summed E-state index contributed by atoms with van der Waals surface area (Å²) < 4.78 is 0. The second kappa shape index (κ2) is 3.99. The molecule has 80 valence electrons. The number of hydrogen-bond acceptors (Lipinski definition) is 1. The van der Waals surface area contributed by atoms with Crippen LogP contribution >= 0.6 is 25.7 Å². The Morgan fingerprint density at radius 2 is 1.57 bits per heavy atom. The van der Waals surface area contributed by atoms with Gasteiger partial charge in [0.15, 0.2) is 5.12 Å². The molecule has 0 amide bonds. The molecule has 0 N–H and O–H groups in total. The maximum atomic E-state index is 12.0. The van der Waals surface area contributed by atoms with Gasteiger partial charge < -0.3 is 0 Å². The molecule has 14 heavy (non-hydrogen) atoms. The molecule has 0 atom stereocenters. The standard InChI is InChI=1S/C11H16OS.BrH/c1-13(2,3,4)11(12)10-8-6-5-7-9-10;/h5-9H,1H2,2-4H3;1H. The first-order valence-corrected chi connectivity index (χ1v) is 7.52. The van der Waals surface area contributed by atoms with Crippen molar-refractivity contribution >= 4 is 36.7 Å². The average molecular weight is 277 g/mol. The molecule has 1 aromatic rings. The van der Waals surface area contributed by atoms with E-state index in [9.17, 15) is 4.79 Å². The van der Waals surface area contributed by atoms with E-state index in [0.717, 1.165) is 5.56 Å². The Balaban J connectivity index is 0.00000169. The first kappa shape index (κ1) is 13.6. The van der Waals surface area contributed by atoms with Gasteiger partial charge in [-0.05, 0) is 18.8 Å². The summed E-state index contributed by atoms with van der Waals surface area (Å²) in [5.74, 6) is 4.04. The van der Waals surface area contributed by atoms with Crippen LogP contribution in [0.15, 0.2) is 30.3 Å². The summed E-state index contributed by atoms with van der Waals surface area (Å²) >= 11 is 0. The van der Waals surface area contributed by atoms with Gasteiger partial charge in [0.2, 0.25) is 0 Å². The van der Waals surface area contributed by atoms with Crippen LogP contribution in [0, 0.1) is 0 Å². The van der Waals surface area contributed by atoms with Crippen molar-refractivity contribution in [3.8, 4) is 0 Å². The van der Waals surface area contributed by atoms with Crippen molar-refractivity contribution in [1.29, 1.82) is 0 Å². The number of rotatable bonds is 1. The summed E-state index contributed by atoms with van der Waals surface area (Å²) in [4.78, 5) is 12.0. The second-order valence-corrected chi connectivity index (χ2v) is 10.6. The smallest absolute Gasteiger partial charge is 0.197 e. The van der Waals surface area contributed by atoms with Crippen LogP contribution in [0.3, 0.4) is 0 Å². The van der Waals surface area contributed by atoms with Crippen LogP contribution in [0.25, 0.3) is 0 Å². The Kier molecular flexibility index (Phi) is 3.87. The van der Waals surface area contributed by atoms with Gasteiger partial charge in [-0.25, -0.2) is 8.75 Å². The zero-order valence-electron chi connectivity index (χ0n) is 8.82. The van der Waals surface area contributed by atoms with E-state index in [4.69, 9.17) is 0 Å². The minimum atomic E-state index is -2.11. The van der Waals surface area contributed by atoms with E-state index in [1.54, 1.807) is 0 Å². The van der Waals surface area contributed by atoms with Gasteiger partial charge >= 0.3 is 0 Å². The third-order valence-electron chi connectivity index (χ3n) is 1.70. The summed E-state index contributed by atoms with van der Waals surface area (Å²) in [5.41, 5.74) is 0.770. The number of carbonyl (C=O) groups is 1. The minimum absolute atomic E-state index is 0. The van der Waals surface area contributed by atoms with E-state index >= 15 is 0 Å². The van der Waals surface area contributed by atoms with Gasteiger partial charge in [-0.3, -0.25) is 4.79 Å². The average Bonchev–Trinajstić information content (AvgIpc) is 2.02. The third-order valence-corrected chi connectivity index (χ3v) is 3.31. The van der Waals surface area contributed by atoms with E-state index in [-0.39, 0.29) is 22.1 Å². The second-order valence-electron chi connectivity index (χ2n) is 4.50. The predicted molar refractivity (Wildman–Crippen MR) is 73.6 cm³/mol. The van der Waals surface area contributed by atoms with Crippen LogP contribution in [0.4, 0.5) is 0 Å². The molecule has 0 saturated carbocycles. The molecule has 0 spiro atoms. The molecule has 0 bridgehead atoms. The molecule has 1 rings (SSSR count). The van der Waals surface area contributed by atoms with Crippen molar-refractivity contribution in [3.05, 3.63) is 35.9 Å². The Bertz CT molecular complexity index is 378. The molecule has 0 radical (unpaired) electrons. The van der Waals surface area contributed by atoms with Crippen molar-refractivity contribution in [1.82, 2.24) is 0 Å². The van der Waals surface area contributed by atoms with E-state index in [0.29, 0.717) is 0 Å². The highest BCUT2D eigenvalue weighted by atomic mass is 79.9. The summed E-state index contributed by atoms with van der Waals surface area (Å²) in [5, 5.41) is 0.178. The van der Waals surface area contributed by atoms with Crippen molar-refractivity contribution < 1.29 is 4.79 Å². The number of halogens is 1. The Morgan fingerprint density at radius 1 is 1.14 bits per heavy atom. The van der Waals surface area contributed by atoms with Crippen LogP contribution in [0.5, 0.6) is 0 Å². The van der Waals surface area contributed by atoms with E-state index in [2.05, 4.69) is 5.87 Å². The van der Waals surface area contributed by atoms with Gasteiger partial charge in [-0.2, -0.15) is 0 Å². The first-order chi connectivity index (χ1) is 5.77. The number of hydrogen-bond donors (Lipinski definition) is 0. The zero-order chi connectivity index (χ0) is 10.1. The van der Waals surface area contributed by atoms with E-state index in [1.165, 1.54) is 0 Å². The van der Waals surface area contributed by atoms with E-state index < -0.39 is 8.75 Å². The molecular weight excluding hydrogens is 260 g/mol. The highest BCUT2D eigenvalue weighted by Crippen LogP contribution is 2.47. The molecule has 0 aromatic heterocycles. The normalized spacial score (nSPS) is 13.5. The van der Waals surface area contributed by atoms with Crippen LogP contribution in [-0.4, -0.2) is 29.8 Å².